The first-order valence-corrected chi connectivity index (χ1v) is 12.9. The molecule has 0 aromatic heterocycles. The van der Waals surface area contributed by atoms with E-state index in [4.69, 9.17) is 16.2 Å². The molecule has 0 heterocycles. The lowest BCUT2D eigenvalue weighted by Gasteiger charge is -2.29. The van der Waals surface area contributed by atoms with Crippen LogP contribution in [0.25, 0.3) is 0 Å². The lowest BCUT2D eigenvalue weighted by Crippen LogP contribution is -2.50. The van der Waals surface area contributed by atoms with E-state index in [0.717, 1.165) is 12.5 Å². The van der Waals surface area contributed by atoms with Gasteiger partial charge in [-0.1, -0.05) is 51.7 Å². The van der Waals surface area contributed by atoms with Gasteiger partial charge in [0.05, 0.1) is 12.8 Å². The highest BCUT2D eigenvalue weighted by Crippen LogP contribution is 2.27. The molecule has 0 spiro atoms. The van der Waals surface area contributed by atoms with Gasteiger partial charge in [-0.15, -0.1) is 0 Å². The van der Waals surface area contributed by atoms with Crippen LogP contribution >= 0.6 is 0 Å². The topological polar surface area (TPSA) is 98.6 Å². The molecular weight excluding hydrogens is 322 g/mol. The van der Waals surface area contributed by atoms with Crippen LogP contribution < -0.4 is 11.5 Å². The Labute approximate surface area is 147 Å². The second kappa shape index (κ2) is 10.0. The van der Waals surface area contributed by atoms with E-state index in [-0.39, 0.29) is 6.54 Å². The molecule has 0 radical (unpaired) electrons. The first-order valence-electron chi connectivity index (χ1n) is 9.16. The monoisotopic (exact) mass is 357 g/mol. The molecule has 4 N–H and O–H groups in total. The molecule has 0 bridgehead atoms. The molecule has 1 rings (SSSR count). The minimum absolute atomic E-state index is 0.183. The molecule has 0 aromatic rings. The molecule has 24 heavy (non-hydrogen) atoms. The summed E-state index contributed by atoms with van der Waals surface area (Å²) in [5.74, 6) is 0.119. The molecule has 1 unspecified atom stereocenters. The van der Waals surface area contributed by atoms with E-state index in [2.05, 4.69) is 19.6 Å². The third-order valence-corrected chi connectivity index (χ3v) is 6.34. The Hall–Kier alpha value is -1.08. The number of carbonyl (C=O) groups excluding carboxylic acids is 2. The van der Waals surface area contributed by atoms with E-state index in [1.165, 1.54) is 37.0 Å². The Bertz CT molecular complexity index is 406. The zero-order valence-electron chi connectivity index (χ0n) is 15.6. The van der Waals surface area contributed by atoms with E-state index >= 15 is 0 Å². The number of hydrogen-bond acceptors (Lipinski definition) is 4. The molecule has 6 nitrogen and oxygen atoms in total. The third kappa shape index (κ3) is 8.68. The van der Waals surface area contributed by atoms with E-state index in [1.807, 2.05) is 0 Å². The summed E-state index contributed by atoms with van der Waals surface area (Å²) in [6.45, 7) is 6.85. The minimum Gasteiger partial charge on any atom is -0.450 e. The molecule has 1 atom stereocenters. The van der Waals surface area contributed by atoms with Crippen LogP contribution in [-0.2, 0) is 9.53 Å². The lowest BCUT2D eigenvalue weighted by molar-refractivity contribution is -0.119. The molecule has 1 saturated carbocycles. The summed E-state index contributed by atoms with van der Waals surface area (Å²) in [6.07, 6.45) is 6.99. The normalized spacial score (nSPS) is 17.3. The third-order valence-electron chi connectivity index (χ3n) is 4.63. The summed E-state index contributed by atoms with van der Waals surface area (Å²) < 4.78 is 5.33. The van der Waals surface area contributed by atoms with Crippen LogP contribution in [0.1, 0.15) is 44.9 Å². The quantitative estimate of drug-likeness (QED) is 0.489. The zero-order valence-corrected chi connectivity index (χ0v) is 16.6. The van der Waals surface area contributed by atoms with E-state index < -0.39 is 26.2 Å². The van der Waals surface area contributed by atoms with Gasteiger partial charge in [0.1, 0.15) is 6.54 Å². The average Bonchev–Trinajstić information content (AvgIpc) is 2.49. The number of primary amides is 1. The molecular formula is C17H35N3O3Si. The van der Waals surface area contributed by atoms with Gasteiger partial charge in [-0.25, -0.2) is 4.79 Å². The van der Waals surface area contributed by atoms with Crippen LogP contribution in [0, 0.1) is 5.92 Å². The zero-order chi connectivity index (χ0) is 18.2. The molecule has 7 heteroatoms. The van der Waals surface area contributed by atoms with Crippen molar-refractivity contribution in [2.75, 3.05) is 13.2 Å². The SMILES string of the molecule is C[Si](C)(C)CCOC(=O)N(CC(N)=O)C(N)CCC1CCCCC1. The van der Waals surface area contributed by atoms with Crippen molar-refractivity contribution < 1.29 is 14.3 Å². The summed E-state index contributed by atoms with van der Waals surface area (Å²) in [7, 11) is -1.27. The minimum atomic E-state index is -1.27. The van der Waals surface area contributed by atoms with Crippen molar-refractivity contribution in [2.24, 2.45) is 17.4 Å². The van der Waals surface area contributed by atoms with Gasteiger partial charge in [0.25, 0.3) is 0 Å². The summed E-state index contributed by atoms with van der Waals surface area (Å²) in [4.78, 5) is 24.9. The van der Waals surface area contributed by atoms with Crippen molar-refractivity contribution >= 4 is 20.1 Å². The maximum atomic E-state index is 12.3. The second-order valence-corrected chi connectivity index (χ2v) is 13.8. The van der Waals surface area contributed by atoms with Crippen molar-refractivity contribution in [1.82, 2.24) is 4.90 Å². The van der Waals surface area contributed by atoms with Crippen LogP contribution in [0.2, 0.25) is 25.7 Å². The Morgan fingerprint density at radius 1 is 1.21 bits per heavy atom. The van der Waals surface area contributed by atoms with Crippen LogP contribution in [0.15, 0.2) is 0 Å². The van der Waals surface area contributed by atoms with Gasteiger partial charge < -0.3 is 16.2 Å². The predicted octanol–water partition coefficient (Wildman–Crippen LogP) is 2.89. The number of amides is 2. The summed E-state index contributed by atoms with van der Waals surface area (Å²) in [5.41, 5.74) is 11.4. The molecule has 1 aliphatic carbocycles. The first kappa shape index (κ1) is 21.0. The number of rotatable bonds is 9. The van der Waals surface area contributed by atoms with E-state index in [9.17, 15) is 9.59 Å². The van der Waals surface area contributed by atoms with Gasteiger partial charge in [0.2, 0.25) is 5.91 Å². The fourth-order valence-electron chi connectivity index (χ4n) is 3.05. The molecule has 0 aliphatic heterocycles. The number of ether oxygens (including phenoxy) is 1. The maximum Gasteiger partial charge on any atom is 0.411 e. The summed E-state index contributed by atoms with van der Waals surface area (Å²) in [5, 5.41) is 0. The molecule has 0 saturated heterocycles. The van der Waals surface area contributed by atoms with E-state index in [1.54, 1.807) is 0 Å². The number of hydrogen-bond donors (Lipinski definition) is 2. The fraction of sp³-hybridized carbons (Fsp3) is 0.882. The smallest absolute Gasteiger partial charge is 0.411 e. The standard InChI is InChI=1S/C17H35N3O3Si/c1-24(2,3)12-11-23-17(22)20(13-16(19)21)15(18)10-9-14-7-5-4-6-8-14/h14-15H,4-13,18H2,1-3H3,(H2,19,21). The van der Waals surface area contributed by atoms with Crippen molar-refractivity contribution in [1.29, 1.82) is 0 Å². The van der Waals surface area contributed by atoms with Gasteiger partial charge in [0.15, 0.2) is 0 Å². The molecule has 2 amide bonds. The van der Waals surface area contributed by atoms with Gasteiger partial charge >= 0.3 is 6.09 Å². The molecule has 1 fully saturated rings. The van der Waals surface area contributed by atoms with Crippen molar-refractivity contribution in [3.63, 3.8) is 0 Å². The van der Waals surface area contributed by atoms with Gasteiger partial charge in [-0.2, -0.15) is 0 Å². The van der Waals surface area contributed by atoms with Crippen molar-refractivity contribution in [3.8, 4) is 0 Å². The van der Waals surface area contributed by atoms with Crippen LogP contribution in [0.5, 0.6) is 0 Å². The Morgan fingerprint density at radius 2 is 1.83 bits per heavy atom. The molecule has 1 aliphatic rings. The second-order valence-electron chi connectivity index (χ2n) is 8.17. The van der Waals surface area contributed by atoms with Crippen LogP contribution in [0.3, 0.4) is 0 Å². The average molecular weight is 358 g/mol. The van der Waals surface area contributed by atoms with Gasteiger partial charge in [0, 0.05) is 8.07 Å². The van der Waals surface area contributed by atoms with Gasteiger partial charge in [-0.3, -0.25) is 9.69 Å². The van der Waals surface area contributed by atoms with Crippen molar-refractivity contribution in [3.05, 3.63) is 0 Å². The molecule has 140 valence electrons. The van der Waals surface area contributed by atoms with Crippen molar-refractivity contribution in [2.45, 2.75) is 76.8 Å². The predicted molar refractivity (Wildman–Crippen MR) is 99.2 cm³/mol. The summed E-state index contributed by atoms with van der Waals surface area (Å²) in [6, 6.07) is 0.889. The maximum absolute atomic E-state index is 12.3. The Balaban J connectivity index is 2.48. The van der Waals surface area contributed by atoms with Crippen LogP contribution in [-0.4, -0.2) is 44.3 Å². The highest BCUT2D eigenvalue weighted by atomic mass is 28.3. The lowest BCUT2D eigenvalue weighted by atomic mass is 9.86. The Morgan fingerprint density at radius 3 is 2.38 bits per heavy atom. The molecule has 0 aromatic carbocycles. The highest BCUT2D eigenvalue weighted by Gasteiger charge is 2.25. The van der Waals surface area contributed by atoms with Crippen LogP contribution in [0.4, 0.5) is 4.79 Å². The highest BCUT2D eigenvalue weighted by molar-refractivity contribution is 6.76. The van der Waals surface area contributed by atoms with Gasteiger partial charge in [-0.05, 0) is 24.8 Å². The van der Waals surface area contributed by atoms with E-state index in [0.29, 0.717) is 18.9 Å². The first-order chi connectivity index (χ1) is 11.2. The number of nitrogens with two attached hydrogens (primary N) is 2. The Kier molecular flexibility index (Phi) is 8.76. The number of nitrogens with zero attached hydrogens (tertiary/aromatic N) is 1. The summed E-state index contributed by atoms with van der Waals surface area (Å²) >= 11 is 0. The largest absolute Gasteiger partial charge is 0.450 e. The number of carbonyl (C=O) groups is 2. The fourth-order valence-corrected chi connectivity index (χ4v) is 3.77.